The first kappa shape index (κ1) is 12.9. The Labute approximate surface area is 110 Å². The van der Waals surface area contributed by atoms with Gasteiger partial charge in [0.05, 0.1) is 0 Å². The van der Waals surface area contributed by atoms with Crippen molar-refractivity contribution in [3.05, 3.63) is 28.7 Å². The van der Waals surface area contributed by atoms with E-state index < -0.39 is 5.97 Å². The molecular weight excluding hydrogens is 299 g/mol. The molecule has 0 saturated heterocycles. The molecule has 0 radical (unpaired) electrons. The normalized spacial score (nSPS) is 10.7. The Kier molecular flexibility index (Phi) is 3.84. The average Bonchev–Trinajstić information content (AvgIpc) is 2.65. The van der Waals surface area contributed by atoms with E-state index in [0.717, 1.165) is 14.1 Å². The van der Waals surface area contributed by atoms with Gasteiger partial charge in [0.15, 0.2) is 0 Å². The average molecular weight is 311 g/mol. The molecule has 5 heteroatoms. The molecular formula is C13H12O4Se. The standard InChI is InChI=1S/C13H12O4Se/c14-8(5-6-12(15)16)7-11-13(17)9-3-1-2-4-10(9)18-11/h1-4,17H,5-7H2,(H,15,16). The van der Waals surface area contributed by atoms with E-state index in [1.54, 1.807) is 0 Å². The number of aliphatic carboxylic acids is 1. The molecule has 18 heavy (non-hydrogen) atoms. The molecule has 0 unspecified atom stereocenters. The van der Waals surface area contributed by atoms with Crippen molar-refractivity contribution >= 4 is 35.9 Å². The number of carboxylic acid groups (broad SMARTS) is 1. The van der Waals surface area contributed by atoms with Crippen LogP contribution in [0.5, 0.6) is 5.75 Å². The molecule has 1 heterocycles. The molecule has 94 valence electrons. The number of benzene rings is 1. The monoisotopic (exact) mass is 312 g/mol. The van der Waals surface area contributed by atoms with Crippen molar-refractivity contribution in [3.8, 4) is 5.75 Å². The molecule has 1 aromatic carbocycles. The van der Waals surface area contributed by atoms with E-state index >= 15 is 0 Å². The quantitative estimate of drug-likeness (QED) is 0.822. The maximum absolute atomic E-state index is 11.6. The summed E-state index contributed by atoms with van der Waals surface area (Å²) in [5.74, 6) is -0.898. The summed E-state index contributed by atoms with van der Waals surface area (Å²) >= 11 is -0.0282. The topological polar surface area (TPSA) is 74.6 Å². The van der Waals surface area contributed by atoms with Crippen LogP contribution in [-0.4, -0.2) is 36.5 Å². The number of carbonyl (C=O) groups is 2. The van der Waals surface area contributed by atoms with Crippen LogP contribution in [-0.2, 0) is 16.0 Å². The molecule has 0 aliphatic heterocycles. The summed E-state index contributed by atoms with van der Waals surface area (Å²) < 4.78 is 1.82. The van der Waals surface area contributed by atoms with Gasteiger partial charge in [-0.1, -0.05) is 0 Å². The van der Waals surface area contributed by atoms with E-state index in [2.05, 4.69) is 0 Å². The predicted octanol–water partition coefficient (Wildman–Crippen LogP) is 1.58. The Morgan fingerprint density at radius 3 is 2.56 bits per heavy atom. The first-order valence-corrected chi connectivity index (χ1v) is 7.22. The van der Waals surface area contributed by atoms with Crippen LogP contribution >= 0.6 is 0 Å². The van der Waals surface area contributed by atoms with Crippen molar-refractivity contribution in [3.63, 3.8) is 0 Å². The number of carbonyl (C=O) groups excluding carboxylic acids is 1. The van der Waals surface area contributed by atoms with Gasteiger partial charge in [-0.3, -0.25) is 0 Å². The number of ketones is 1. The molecule has 0 bridgehead atoms. The van der Waals surface area contributed by atoms with Gasteiger partial charge < -0.3 is 0 Å². The van der Waals surface area contributed by atoms with Crippen LogP contribution in [0.15, 0.2) is 24.3 Å². The van der Waals surface area contributed by atoms with Gasteiger partial charge >= 0.3 is 109 Å². The van der Waals surface area contributed by atoms with Crippen LogP contribution in [0.1, 0.15) is 17.3 Å². The minimum absolute atomic E-state index is 0.0263. The molecule has 2 aromatic rings. The first-order valence-electron chi connectivity index (χ1n) is 5.51. The Hall–Kier alpha value is -1.58. The third kappa shape index (κ3) is 2.81. The number of hydrogen-bond acceptors (Lipinski definition) is 3. The maximum atomic E-state index is 11.6. The fourth-order valence-corrected chi connectivity index (χ4v) is 4.08. The Balaban J connectivity index is 2.14. The van der Waals surface area contributed by atoms with Crippen LogP contribution in [0.4, 0.5) is 0 Å². The zero-order valence-electron chi connectivity index (χ0n) is 9.55. The van der Waals surface area contributed by atoms with Crippen molar-refractivity contribution in [2.75, 3.05) is 0 Å². The van der Waals surface area contributed by atoms with Gasteiger partial charge in [0.25, 0.3) is 0 Å². The molecule has 0 amide bonds. The molecule has 1 aromatic heterocycles. The molecule has 0 atom stereocenters. The van der Waals surface area contributed by atoms with E-state index in [-0.39, 0.29) is 45.3 Å². The summed E-state index contributed by atoms with van der Waals surface area (Å²) in [4.78, 5) is 22.0. The van der Waals surface area contributed by atoms with E-state index in [1.165, 1.54) is 0 Å². The van der Waals surface area contributed by atoms with Crippen molar-refractivity contribution in [2.45, 2.75) is 19.3 Å². The first-order chi connectivity index (χ1) is 8.58. The zero-order valence-corrected chi connectivity index (χ0v) is 11.3. The molecule has 0 spiro atoms. The summed E-state index contributed by atoms with van der Waals surface area (Å²) in [5.41, 5.74) is 0. The number of fused-ring (bicyclic) bond motifs is 1. The van der Waals surface area contributed by atoms with Crippen molar-refractivity contribution in [1.29, 1.82) is 0 Å². The van der Waals surface area contributed by atoms with Gasteiger partial charge in [0.1, 0.15) is 0 Å². The third-order valence-corrected chi connectivity index (χ3v) is 5.05. The summed E-state index contributed by atoms with van der Waals surface area (Å²) in [7, 11) is 0. The molecule has 2 rings (SSSR count). The van der Waals surface area contributed by atoms with Gasteiger partial charge in [-0.15, -0.1) is 0 Å². The number of hydrogen-bond donors (Lipinski definition) is 2. The Morgan fingerprint density at radius 1 is 1.17 bits per heavy atom. The molecule has 4 nitrogen and oxygen atoms in total. The van der Waals surface area contributed by atoms with E-state index in [1.807, 2.05) is 24.3 Å². The van der Waals surface area contributed by atoms with E-state index in [0.29, 0.717) is 0 Å². The van der Waals surface area contributed by atoms with Gasteiger partial charge in [0, 0.05) is 0 Å². The van der Waals surface area contributed by atoms with Crippen molar-refractivity contribution in [1.82, 2.24) is 0 Å². The van der Waals surface area contributed by atoms with Crippen molar-refractivity contribution in [2.24, 2.45) is 0 Å². The fraction of sp³-hybridized carbons (Fsp3) is 0.231. The second-order valence-electron chi connectivity index (χ2n) is 3.98. The predicted molar refractivity (Wildman–Crippen MR) is 68.1 cm³/mol. The number of rotatable bonds is 5. The Bertz CT molecular complexity index is 600. The Morgan fingerprint density at radius 2 is 1.89 bits per heavy atom. The van der Waals surface area contributed by atoms with Crippen LogP contribution in [0.25, 0.3) is 9.65 Å². The number of aromatic hydroxyl groups is 1. The SMILES string of the molecule is O=C(O)CCC(=O)Cc1[se]c2ccccc2c1O. The third-order valence-electron chi connectivity index (χ3n) is 2.61. The van der Waals surface area contributed by atoms with E-state index in [4.69, 9.17) is 5.11 Å². The van der Waals surface area contributed by atoms with Crippen LogP contribution in [0.2, 0.25) is 0 Å². The minimum atomic E-state index is -0.971. The van der Waals surface area contributed by atoms with Gasteiger partial charge in [-0.25, -0.2) is 0 Å². The van der Waals surface area contributed by atoms with Crippen LogP contribution in [0, 0.1) is 0 Å². The van der Waals surface area contributed by atoms with E-state index in [9.17, 15) is 14.7 Å². The van der Waals surface area contributed by atoms with Gasteiger partial charge in [0.2, 0.25) is 0 Å². The van der Waals surface area contributed by atoms with Crippen LogP contribution < -0.4 is 0 Å². The van der Waals surface area contributed by atoms with Crippen LogP contribution in [0.3, 0.4) is 0 Å². The molecule has 2 N–H and O–H groups in total. The number of Topliss-reactive ketones (excluding diaryl/α,β-unsaturated/α-hetero) is 1. The number of carboxylic acids is 1. The van der Waals surface area contributed by atoms with Gasteiger partial charge in [-0.05, 0) is 0 Å². The van der Waals surface area contributed by atoms with Crippen molar-refractivity contribution < 1.29 is 19.8 Å². The second kappa shape index (κ2) is 5.38. The zero-order chi connectivity index (χ0) is 13.1. The summed E-state index contributed by atoms with van der Waals surface area (Å²) in [6.07, 6.45) is 0.0408. The fourth-order valence-electron chi connectivity index (χ4n) is 1.72. The second-order valence-corrected chi connectivity index (χ2v) is 6.36. The molecule has 0 aliphatic carbocycles. The summed E-state index contributed by atoms with van der Waals surface area (Å²) in [6, 6.07) is 7.53. The molecule has 0 fully saturated rings. The molecule has 0 aliphatic rings. The molecule has 0 saturated carbocycles. The summed E-state index contributed by atoms with van der Waals surface area (Å²) in [5, 5.41) is 19.3. The van der Waals surface area contributed by atoms with Gasteiger partial charge in [-0.2, -0.15) is 0 Å². The summed E-state index contributed by atoms with van der Waals surface area (Å²) in [6.45, 7) is 0.